The van der Waals surface area contributed by atoms with Crippen LogP contribution in [0, 0.1) is 12.3 Å². The lowest BCUT2D eigenvalue weighted by Gasteiger charge is -1.98. The molecule has 2 heterocycles. The Morgan fingerprint density at radius 1 is 1.43 bits per heavy atom. The van der Waals surface area contributed by atoms with E-state index in [9.17, 15) is 4.79 Å². The molecular weight excluding hydrogens is 268 g/mol. The molecule has 0 spiro atoms. The van der Waals surface area contributed by atoms with Gasteiger partial charge in [-0.1, -0.05) is 13.8 Å². The van der Waals surface area contributed by atoms with Gasteiger partial charge in [0, 0.05) is 0 Å². The minimum absolute atomic E-state index is 0.100. The molecule has 0 aliphatic rings. The molecule has 0 radical (unpaired) electrons. The Hall–Kier alpha value is -2.63. The van der Waals surface area contributed by atoms with Crippen LogP contribution in [0.3, 0.4) is 0 Å². The van der Waals surface area contributed by atoms with Crippen molar-refractivity contribution in [3.05, 3.63) is 47.4 Å². The first-order valence-corrected chi connectivity index (χ1v) is 6.66. The lowest BCUT2D eigenvalue weighted by atomic mass is 10.1. The maximum atomic E-state index is 10.9. The van der Waals surface area contributed by atoms with E-state index >= 15 is 0 Å². The second kappa shape index (κ2) is 7.23. The minimum Gasteiger partial charge on any atom is -0.460 e. The van der Waals surface area contributed by atoms with Gasteiger partial charge in [-0.25, -0.2) is 4.98 Å². The fourth-order valence-corrected chi connectivity index (χ4v) is 1.59. The summed E-state index contributed by atoms with van der Waals surface area (Å²) in [6.07, 6.45) is 3.14. The molecule has 0 aliphatic heterocycles. The smallest absolute Gasteiger partial charge is 0.284 e. The molecule has 0 aromatic carbocycles. The summed E-state index contributed by atoms with van der Waals surface area (Å²) < 4.78 is 5.36. The van der Waals surface area contributed by atoms with Gasteiger partial charge in [0.2, 0.25) is 0 Å². The van der Waals surface area contributed by atoms with Crippen LogP contribution in [0.5, 0.6) is 0 Å². The highest BCUT2D eigenvalue weighted by Gasteiger charge is 2.09. The van der Waals surface area contributed by atoms with Crippen LogP contribution in [0.1, 0.15) is 48.6 Å². The second-order valence-electron chi connectivity index (χ2n) is 4.16. The first kappa shape index (κ1) is 16.4. The SMILES string of the molecule is C/C(=C/C(=N)c1ccc(C)o1)c1cnc(C(N)=O)[nH]1.CC. The second-order valence-corrected chi connectivity index (χ2v) is 4.16. The number of rotatable bonds is 4. The Kier molecular flexibility index (Phi) is 5.66. The highest BCUT2D eigenvalue weighted by Crippen LogP contribution is 2.14. The van der Waals surface area contributed by atoms with Crippen molar-refractivity contribution in [3.63, 3.8) is 0 Å². The Balaban J connectivity index is 0.00000106. The van der Waals surface area contributed by atoms with E-state index in [1.54, 1.807) is 18.2 Å². The first-order chi connectivity index (χ1) is 9.97. The number of imidazole rings is 1. The van der Waals surface area contributed by atoms with Gasteiger partial charge in [0.15, 0.2) is 11.6 Å². The number of hydrogen-bond donors (Lipinski definition) is 3. The zero-order valence-electron chi connectivity index (χ0n) is 12.7. The third kappa shape index (κ3) is 4.17. The topological polar surface area (TPSA) is 109 Å². The first-order valence-electron chi connectivity index (χ1n) is 6.66. The van der Waals surface area contributed by atoms with Crippen LogP contribution < -0.4 is 5.73 Å². The molecule has 2 aromatic rings. The number of aryl methyl sites for hydroxylation is 1. The number of aromatic amines is 1. The zero-order chi connectivity index (χ0) is 16.0. The van der Waals surface area contributed by atoms with Crippen molar-refractivity contribution in [3.8, 4) is 0 Å². The third-order valence-corrected chi connectivity index (χ3v) is 2.60. The van der Waals surface area contributed by atoms with E-state index in [4.69, 9.17) is 15.6 Å². The number of furan rings is 1. The van der Waals surface area contributed by atoms with Crippen molar-refractivity contribution in [1.29, 1.82) is 5.41 Å². The van der Waals surface area contributed by atoms with Crippen molar-refractivity contribution in [2.75, 3.05) is 0 Å². The molecule has 0 fully saturated rings. The van der Waals surface area contributed by atoms with Gasteiger partial charge < -0.3 is 15.1 Å². The van der Waals surface area contributed by atoms with Gasteiger partial charge in [-0.3, -0.25) is 10.2 Å². The summed E-state index contributed by atoms with van der Waals surface area (Å²) in [5, 5.41) is 7.92. The van der Waals surface area contributed by atoms with Crippen LogP contribution in [0.2, 0.25) is 0 Å². The molecule has 2 rings (SSSR count). The normalized spacial score (nSPS) is 10.8. The minimum atomic E-state index is -0.615. The van der Waals surface area contributed by atoms with E-state index in [1.165, 1.54) is 6.20 Å². The van der Waals surface area contributed by atoms with Crippen LogP contribution in [-0.4, -0.2) is 21.6 Å². The molecule has 4 N–H and O–H groups in total. The van der Waals surface area contributed by atoms with Crippen LogP contribution >= 0.6 is 0 Å². The number of carbonyl (C=O) groups excluding carboxylic acids is 1. The van der Waals surface area contributed by atoms with Crippen molar-refractivity contribution in [2.24, 2.45) is 5.73 Å². The van der Waals surface area contributed by atoms with Crippen LogP contribution in [0.15, 0.2) is 28.8 Å². The van der Waals surface area contributed by atoms with Gasteiger partial charge in [-0.15, -0.1) is 0 Å². The summed E-state index contributed by atoms with van der Waals surface area (Å²) >= 11 is 0. The Morgan fingerprint density at radius 2 is 2.10 bits per heavy atom. The summed E-state index contributed by atoms with van der Waals surface area (Å²) in [5.74, 6) is 0.730. The average Bonchev–Trinajstić information content (AvgIpc) is 3.09. The molecule has 0 saturated heterocycles. The van der Waals surface area contributed by atoms with Gasteiger partial charge in [0.05, 0.1) is 17.6 Å². The number of hydrogen-bond acceptors (Lipinski definition) is 4. The van der Waals surface area contributed by atoms with Crippen molar-refractivity contribution in [1.82, 2.24) is 9.97 Å². The highest BCUT2D eigenvalue weighted by atomic mass is 16.3. The van der Waals surface area contributed by atoms with Crippen molar-refractivity contribution < 1.29 is 9.21 Å². The van der Waals surface area contributed by atoms with Crippen LogP contribution in [-0.2, 0) is 0 Å². The molecule has 6 nitrogen and oxygen atoms in total. The fourth-order valence-electron chi connectivity index (χ4n) is 1.59. The standard InChI is InChI=1S/C13H14N4O2.C2H6/c1-7(10-6-16-13(17-10)12(15)18)5-9(14)11-4-3-8(2)19-11;1-2/h3-6,14H,1-2H3,(H2,15,18)(H,16,17);1-2H3/b7-5-,14-9?;. The molecule has 6 heteroatoms. The molecule has 0 saturated carbocycles. The predicted octanol–water partition coefficient (Wildman–Crippen LogP) is 2.91. The Morgan fingerprint density at radius 3 is 2.57 bits per heavy atom. The number of carbonyl (C=O) groups is 1. The average molecular weight is 288 g/mol. The lowest BCUT2D eigenvalue weighted by Crippen LogP contribution is -2.12. The van der Waals surface area contributed by atoms with Gasteiger partial charge in [0.25, 0.3) is 5.91 Å². The molecule has 21 heavy (non-hydrogen) atoms. The number of nitrogens with one attached hydrogen (secondary N) is 2. The monoisotopic (exact) mass is 288 g/mol. The van der Waals surface area contributed by atoms with Gasteiger partial charge in [0.1, 0.15) is 5.76 Å². The van der Waals surface area contributed by atoms with Gasteiger partial charge in [-0.05, 0) is 37.6 Å². The van der Waals surface area contributed by atoms with Gasteiger partial charge >= 0.3 is 0 Å². The molecule has 0 bridgehead atoms. The summed E-state index contributed by atoms with van der Waals surface area (Å²) in [6, 6.07) is 3.54. The number of nitrogens with two attached hydrogens (primary N) is 1. The molecular formula is C15H20N4O2. The number of allylic oxidation sites excluding steroid dienone is 2. The van der Waals surface area contributed by atoms with Crippen molar-refractivity contribution >= 4 is 17.2 Å². The predicted molar refractivity (Wildman–Crippen MR) is 82.4 cm³/mol. The van der Waals surface area contributed by atoms with E-state index in [1.807, 2.05) is 27.7 Å². The summed E-state index contributed by atoms with van der Waals surface area (Å²) in [4.78, 5) is 17.6. The van der Waals surface area contributed by atoms with Crippen LogP contribution in [0.4, 0.5) is 0 Å². The number of H-pyrrole nitrogens is 1. The fraction of sp³-hybridized carbons (Fsp3) is 0.267. The molecule has 1 amide bonds. The van der Waals surface area contributed by atoms with E-state index < -0.39 is 5.91 Å². The number of primary amides is 1. The van der Waals surface area contributed by atoms with Crippen molar-refractivity contribution in [2.45, 2.75) is 27.7 Å². The van der Waals surface area contributed by atoms with E-state index in [-0.39, 0.29) is 11.5 Å². The number of aromatic nitrogens is 2. The molecule has 0 atom stereocenters. The summed E-state index contributed by atoms with van der Waals surface area (Å²) in [7, 11) is 0. The quantitative estimate of drug-likeness (QED) is 0.752. The van der Waals surface area contributed by atoms with E-state index in [0.717, 1.165) is 11.3 Å². The largest absolute Gasteiger partial charge is 0.460 e. The lowest BCUT2D eigenvalue weighted by molar-refractivity contribution is 0.0991. The number of amides is 1. The summed E-state index contributed by atoms with van der Waals surface area (Å²) in [5.41, 5.74) is 6.77. The molecule has 0 unspecified atom stereocenters. The summed E-state index contributed by atoms with van der Waals surface area (Å²) in [6.45, 7) is 7.63. The van der Waals surface area contributed by atoms with E-state index in [0.29, 0.717) is 11.5 Å². The Bertz CT molecular complexity index is 665. The van der Waals surface area contributed by atoms with Gasteiger partial charge in [-0.2, -0.15) is 0 Å². The molecule has 112 valence electrons. The molecule has 0 aliphatic carbocycles. The van der Waals surface area contributed by atoms with E-state index in [2.05, 4.69) is 9.97 Å². The zero-order valence-corrected chi connectivity index (χ0v) is 12.7. The van der Waals surface area contributed by atoms with Crippen LogP contribution in [0.25, 0.3) is 5.57 Å². The Labute approximate surface area is 123 Å². The maximum Gasteiger partial charge on any atom is 0.284 e. The number of nitrogens with zero attached hydrogens (tertiary/aromatic N) is 1. The highest BCUT2D eigenvalue weighted by molar-refractivity contribution is 6.08. The molecule has 2 aromatic heterocycles. The third-order valence-electron chi connectivity index (χ3n) is 2.60. The maximum absolute atomic E-state index is 10.9.